The number of hydrogen-bond donors (Lipinski definition) is 3. The van der Waals surface area contributed by atoms with Crippen LogP contribution in [0.1, 0.15) is 16.9 Å². The van der Waals surface area contributed by atoms with Crippen molar-refractivity contribution in [2.24, 2.45) is 0 Å². The summed E-state index contributed by atoms with van der Waals surface area (Å²) in [4.78, 5) is 34.2. The van der Waals surface area contributed by atoms with Crippen molar-refractivity contribution < 1.29 is 24.4 Å². The van der Waals surface area contributed by atoms with Crippen molar-refractivity contribution in [3.63, 3.8) is 0 Å². The molecule has 0 radical (unpaired) electrons. The molecule has 0 aromatic carbocycles. The molecule has 1 unspecified atom stereocenters. The number of carboxylic acids is 1. The Labute approximate surface area is 107 Å². The molecule has 0 fully saturated rings. The Hall–Kier alpha value is -2.42. The van der Waals surface area contributed by atoms with Crippen LogP contribution in [0.5, 0.6) is 0 Å². The van der Waals surface area contributed by atoms with Gasteiger partial charge >= 0.3 is 11.8 Å². The third kappa shape index (κ3) is 4.39. The Morgan fingerprint density at radius 1 is 1.58 bits per heavy atom. The molecule has 0 saturated heterocycles. The van der Waals surface area contributed by atoms with E-state index < -0.39 is 22.9 Å². The van der Waals surface area contributed by atoms with Crippen LogP contribution < -0.4 is 5.32 Å². The number of rotatable bonds is 7. The summed E-state index contributed by atoms with van der Waals surface area (Å²) in [6.45, 7) is -0.00551. The highest BCUT2D eigenvalue weighted by Crippen LogP contribution is 2.09. The molecule has 1 amide bonds. The number of aliphatic carboxylic acids is 1. The first-order valence-corrected chi connectivity index (χ1v) is 5.30. The summed E-state index contributed by atoms with van der Waals surface area (Å²) >= 11 is 0. The summed E-state index contributed by atoms with van der Waals surface area (Å²) in [6, 6.07) is 2.44. The smallest absolute Gasteiger partial charge is 0.321 e. The zero-order valence-electron chi connectivity index (χ0n) is 10.1. The maximum absolute atomic E-state index is 11.6. The first-order chi connectivity index (χ1) is 8.93. The normalized spacial score (nSPS) is 11.8. The molecule has 9 heteroatoms. The number of H-pyrrole nitrogens is 1. The molecule has 1 aromatic heterocycles. The Bertz CT molecular complexity index is 483. The van der Waals surface area contributed by atoms with E-state index in [1.54, 1.807) is 0 Å². The summed E-state index contributed by atoms with van der Waals surface area (Å²) in [7, 11) is 1.33. The molecule has 0 aliphatic rings. The highest BCUT2D eigenvalue weighted by molar-refractivity contribution is 5.92. The van der Waals surface area contributed by atoms with Crippen LogP contribution in [0.4, 0.5) is 5.82 Å². The van der Waals surface area contributed by atoms with Crippen molar-refractivity contribution >= 4 is 17.7 Å². The minimum Gasteiger partial charge on any atom is -0.481 e. The summed E-state index contributed by atoms with van der Waals surface area (Å²) < 4.78 is 4.88. The molecule has 0 aliphatic heterocycles. The lowest BCUT2D eigenvalue weighted by atomic mass is 10.2. The fourth-order valence-corrected chi connectivity index (χ4v) is 1.36. The molecule has 0 saturated carbocycles. The van der Waals surface area contributed by atoms with Crippen molar-refractivity contribution in [1.29, 1.82) is 0 Å². The van der Waals surface area contributed by atoms with E-state index in [1.165, 1.54) is 19.2 Å². The second kappa shape index (κ2) is 6.50. The molecule has 1 rings (SSSR count). The van der Waals surface area contributed by atoms with Crippen LogP contribution in [0.3, 0.4) is 0 Å². The average molecular weight is 271 g/mol. The average Bonchev–Trinajstić information content (AvgIpc) is 2.83. The van der Waals surface area contributed by atoms with E-state index in [-0.39, 0.29) is 24.5 Å². The number of carbonyl (C=O) groups is 2. The van der Waals surface area contributed by atoms with Crippen LogP contribution >= 0.6 is 0 Å². The van der Waals surface area contributed by atoms with E-state index in [2.05, 4.69) is 10.3 Å². The summed E-state index contributed by atoms with van der Waals surface area (Å²) in [5.74, 6) is -1.91. The minimum absolute atomic E-state index is 0.00551. The van der Waals surface area contributed by atoms with Gasteiger partial charge in [0.15, 0.2) is 5.69 Å². The second-order valence-electron chi connectivity index (χ2n) is 3.68. The van der Waals surface area contributed by atoms with E-state index in [0.29, 0.717) is 0 Å². The summed E-state index contributed by atoms with van der Waals surface area (Å²) in [5.41, 5.74) is 0.0249. The van der Waals surface area contributed by atoms with Gasteiger partial charge in [0.2, 0.25) is 0 Å². The zero-order valence-corrected chi connectivity index (χ0v) is 10.1. The highest BCUT2D eigenvalue weighted by atomic mass is 16.6. The maximum atomic E-state index is 11.6. The van der Waals surface area contributed by atoms with Crippen LogP contribution in [0, 0.1) is 10.1 Å². The topological polar surface area (TPSA) is 135 Å². The van der Waals surface area contributed by atoms with E-state index >= 15 is 0 Å². The predicted molar refractivity (Wildman–Crippen MR) is 62.8 cm³/mol. The Morgan fingerprint density at radius 3 is 2.74 bits per heavy atom. The van der Waals surface area contributed by atoms with Crippen LogP contribution in [-0.2, 0) is 9.53 Å². The third-order valence-corrected chi connectivity index (χ3v) is 2.34. The molecular weight excluding hydrogens is 258 g/mol. The number of aromatic nitrogens is 1. The highest BCUT2D eigenvalue weighted by Gasteiger charge is 2.18. The van der Waals surface area contributed by atoms with Gasteiger partial charge < -0.3 is 25.3 Å². The predicted octanol–water partition coefficient (Wildman–Crippen LogP) is 0.142. The molecule has 1 aromatic rings. The van der Waals surface area contributed by atoms with Gasteiger partial charge in [-0.3, -0.25) is 9.59 Å². The van der Waals surface area contributed by atoms with Gasteiger partial charge in [-0.2, -0.15) is 0 Å². The SMILES string of the molecule is COC(CNC(=O)c1ccc([N+](=O)[O-])[nH]1)CC(=O)O. The van der Waals surface area contributed by atoms with Crippen molar-refractivity contribution in [3.8, 4) is 0 Å². The molecule has 104 valence electrons. The Morgan fingerprint density at radius 2 is 2.26 bits per heavy atom. The van der Waals surface area contributed by atoms with Crippen LogP contribution in [0.2, 0.25) is 0 Å². The van der Waals surface area contributed by atoms with Gasteiger partial charge in [0.25, 0.3) is 5.91 Å². The van der Waals surface area contributed by atoms with E-state index in [4.69, 9.17) is 9.84 Å². The fraction of sp³-hybridized carbons (Fsp3) is 0.400. The first-order valence-electron chi connectivity index (χ1n) is 5.30. The van der Waals surface area contributed by atoms with Gasteiger partial charge in [-0.25, -0.2) is 4.98 Å². The molecule has 0 aliphatic carbocycles. The lowest BCUT2D eigenvalue weighted by Crippen LogP contribution is -2.34. The van der Waals surface area contributed by atoms with E-state index in [1.807, 2.05) is 0 Å². The number of nitro groups is 1. The Kier molecular flexibility index (Phi) is 5.01. The lowest BCUT2D eigenvalue weighted by Gasteiger charge is -2.12. The number of methoxy groups -OCH3 is 1. The van der Waals surface area contributed by atoms with Gasteiger partial charge in [-0.15, -0.1) is 0 Å². The number of carboxylic acid groups (broad SMARTS) is 1. The minimum atomic E-state index is -1.04. The number of carbonyl (C=O) groups excluding carboxylic acids is 1. The quantitative estimate of drug-likeness (QED) is 0.477. The lowest BCUT2D eigenvalue weighted by molar-refractivity contribution is -0.389. The first kappa shape index (κ1) is 14.6. The van der Waals surface area contributed by atoms with Crippen molar-refractivity contribution in [2.45, 2.75) is 12.5 Å². The van der Waals surface area contributed by atoms with Gasteiger partial charge in [-0.05, 0) is 11.0 Å². The van der Waals surface area contributed by atoms with Crippen molar-refractivity contribution in [1.82, 2.24) is 10.3 Å². The molecule has 1 atom stereocenters. The van der Waals surface area contributed by atoms with Crippen molar-refractivity contribution in [2.75, 3.05) is 13.7 Å². The number of nitrogens with zero attached hydrogens (tertiary/aromatic N) is 1. The van der Waals surface area contributed by atoms with Gasteiger partial charge in [0.1, 0.15) is 0 Å². The Balaban J connectivity index is 2.54. The standard InChI is InChI=1S/C10H13N3O6/c1-19-6(4-9(14)15)5-11-10(16)7-2-3-8(12-7)13(17)18/h2-3,6,12H,4-5H2,1H3,(H,11,16)(H,14,15). The van der Waals surface area contributed by atoms with E-state index in [0.717, 1.165) is 0 Å². The zero-order chi connectivity index (χ0) is 14.4. The van der Waals surface area contributed by atoms with Crippen LogP contribution in [-0.4, -0.2) is 46.6 Å². The molecular formula is C10H13N3O6. The van der Waals surface area contributed by atoms with E-state index in [9.17, 15) is 19.7 Å². The number of ether oxygens (including phenoxy) is 1. The van der Waals surface area contributed by atoms with Crippen LogP contribution in [0.25, 0.3) is 0 Å². The molecule has 3 N–H and O–H groups in total. The second-order valence-corrected chi connectivity index (χ2v) is 3.68. The van der Waals surface area contributed by atoms with Crippen molar-refractivity contribution in [3.05, 3.63) is 27.9 Å². The largest absolute Gasteiger partial charge is 0.481 e. The fourth-order valence-electron chi connectivity index (χ4n) is 1.36. The van der Waals surface area contributed by atoms with Gasteiger partial charge in [0.05, 0.1) is 12.5 Å². The molecule has 0 spiro atoms. The summed E-state index contributed by atoms with van der Waals surface area (Å²) in [5, 5.41) is 21.4. The van der Waals surface area contributed by atoms with Gasteiger partial charge in [0, 0.05) is 19.7 Å². The number of nitrogens with one attached hydrogen (secondary N) is 2. The monoisotopic (exact) mass is 271 g/mol. The molecule has 1 heterocycles. The summed E-state index contributed by atoms with van der Waals surface area (Å²) in [6.07, 6.45) is -0.909. The number of hydrogen-bond acceptors (Lipinski definition) is 5. The molecule has 19 heavy (non-hydrogen) atoms. The maximum Gasteiger partial charge on any atom is 0.321 e. The number of aromatic amines is 1. The number of amides is 1. The van der Waals surface area contributed by atoms with Crippen LogP contribution in [0.15, 0.2) is 12.1 Å². The molecule has 0 bridgehead atoms. The molecule has 9 nitrogen and oxygen atoms in total. The third-order valence-electron chi connectivity index (χ3n) is 2.34. The van der Waals surface area contributed by atoms with Gasteiger partial charge in [-0.1, -0.05) is 0 Å².